The van der Waals surface area contributed by atoms with E-state index in [0.29, 0.717) is 0 Å². The first-order valence-electron chi connectivity index (χ1n) is 5.56. The minimum Gasteiger partial charge on any atom is -0.480 e. The standard InChI is InChI=1S/C11H20N2O5/c1-8(14)13(7-9(15)16)6-5-12-10(17)18-11(2,3)4/h5-7H2,1-4H3,(H,12,17)(H,15,16). The van der Waals surface area contributed by atoms with Crippen molar-refractivity contribution >= 4 is 18.0 Å². The molecule has 0 saturated carbocycles. The van der Waals surface area contributed by atoms with Crippen LogP contribution in [0.25, 0.3) is 0 Å². The number of rotatable bonds is 5. The fraction of sp³-hybridized carbons (Fsp3) is 0.727. The minimum atomic E-state index is -1.09. The smallest absolute Gasteiger partial charge is 0.407 e. The largest absolute Gasteiger partial charge is 0.480 e. The van der Waals surface area contributed by atoms with Crippen molar-refractivity contribution in [3.05, 3.63) is 0 Å². The number of carbonyl (C=O) groups excluding carboxylic acids is 2. The lowest BCUT2D eigenvalue weighted by molar-refractivity contribution is -0.143. The minimum absolute atomic E-state index is 0.126. The van der Waals surface area contributed by atoms with Crippen LogP contribution >= 0.6 is 0 Å². The number of ether oxygens (including phenoxy) is 1. The van der Waals surface area contributed by atoms with Gasteiger partial charge in [-0.25, -0.2) is 4.79 Å². The Hall–Kier alpha value is -1.79. The van der Waals surface area contributed by atoms with Gasteiger partial charge in [-0.1, -0.05) is 0 Å². The molecule has 0 saturated heterocycles. The topological polar surface area (TPSA) is 95.9 Å². The zero-order valence-electron chi connectivity index (χ0n) is 11.1. The molecule has 0 heterocycles. The molecule has 18 heavy (non-hydrogen) atoms. The molecule has 2 amide bonds. The van der Waals surface area contributed by atoms with E-state index in [9.17, 15) is 14.4 Å². The third kappa shape index (κ3) is 8.37. The normalized spacial score (nSPS) is 10.7. The molecule has 0 aliphatic carbocycles. The van der Waals surface area contributed by atoms with E-state index in [2.05, 4.69) is 5.32 Å². The lowest BCUT2D eigenvalue weighted by Gasteiger charge is -2.21. The summed E-state index contributed by atoms with van der Waals surface area (Å²) in [4.78, 5) is 34.0. The van der Waals surface area contributed by atoms with Crippen LogP contribution in [0, 0.1) is 0 Å². The van der Waals surface area contributed by atoms with Crippen molar-refractivity contribution in [3.8, 4) is 0 Å². The lowest BCUT2D eigenvalue weighted by atomic mass is 10.2. The number of alkyl carbamates (subject to hydrolysis) is 1. The molecule has 2 N–H and O–H groups in total. The van der Waals surface area contributed by atoms with Gasteiger partial charge in [-0.2, -0.15) is 0 Å². The highest BCUT2D eigenvalue weighted by Crippen LogP contribution is 2.06. The Morgan fingerprint density at radius 3 is 2.22 bits per heavy atom. The van der Waals surface area contributed by atoms with Crippen LogP contribution in [0.1, 0.15) is 27.7 Å². The summed E-state index contributed by atoms with van der Waals surface area (Å²) >= 11 is 0. The predicted octanol–water partition coefficient (Wildman–Crippen LogP) is 0.444. The van der Waals surface area contributed by atoms with Crippen molar-refractivity contribution in [1.82, 2.24) is 10.2 Å². The number of hydrogen-bond donors (Lipinski definition) is 2. The molecule has 0 fully saturated rings. The number of aliphatic carboxylic acids is 1. The van der Waals surface area contributed by atoms with Gasteiger partial charge < -0.3 is 20.1 Å². The van der Waals surface area contributed by atoms with Crippen molar-refractivity contribution < 1.29 is 24.2 Å². The highest BCUT2D eigenvalue weighted by molar-refractivity contribution is 5.79. The average Bonchev–Trinajstić information content (AvgIpc) is 2.12. The van der Waals surface area contributed by atoms with Crippen molar-refractivity contribution in [2.75, 3.05) is 19.6 Å². The van der Waals surface area contributed by atoms with Gasteiger partial charge in [0.1, 0.15) is 12.1 Å². The van der Waals surface area contributed by atoms with Crippen LogP contribution in [-0.4, -0.2) is 53.2 Å². The maximum Gasteiger partial charge on any atom is 0.407 e. The van der Waals surface area contributed by atoms with Crippen LogP contribution in [-0.2, 0) is 14.3 Å². The Bertz CT molecular complexity index is 322. The first kappa shape index (κ1) is 16.2. The van der Waals surface area contributed by atoms with Gasteiger partial charge >= 0.3 is 12.1 Å². The van der Waals surface area contributed by atoms with Gasteiger partial charge in [0.15, 0.2) is 0 Å². The third-order valence-electron chi connectivity index (χ3n) is 1.82. The van der Waals surface area contributed by atoms with E-state index < -0.39 is 17.7 Å². The maximum absolute atomic E-state index is 11.3. The van der Waals surface area contributed by atoms with E-state index in [-0.39, 0.29) is 25.5 Å². The zero-order chi connectivity index (χ0) is 14.3. The number of nitrogens with zero attached hydrogens (tertiary/aromatic N) is 1. The van der Waals surface area contributed by atoms with E-state index in [1.165, 1.54) is 6.92 Å². The first-order chi connectivity index (χ1) is 8.11. The maximum atomic E-state index is 11.3. The van der Waals surface area contributed by atoms with Crippen LogP contribution in [0.5, 0.6) is 0 Å². The van der Waals surface area contributed by atoms with Gasteiger partial charge in [0.25, 0.3) is 0 Å². The zero-order valence-corrected chi connectivity index (χ0v) is 11.1. The molecule has 0 aliphatic rings. The van der Waals surface area contributed by atoms with Gasteiger partial charge in [0.2, 0.25) is 5.91 Å². The first-order valence-corrected chi connectivity index (χ1v) is 5.56. The number of hydrogen-bond acceptors (Lipinski definition) is 4. The van der Waals surface area contributed by atoms with E-state index in [1.54, 1.807) is 20.8 Å². The molecule has 0 aromatic carbocycles. The Morgan fingerprint density at radius 2 is 1.83 bits per heavy atom. The third-order valence-corrected chi connectivity index (χ3v) is 1.82. The van der Waals surface area contributed by atoms with Crippen LogP contribution in [0.3, 0.4) is 0 Å². The monoisotopic (exact) mass is 260 g/mol. The predicted molar refractivity (Wildman–Crippen MR) is 64.1 cm³/mol. The molecule has 0 radical (unpaired) electrons. The molecular formula is C11H20N2O5. The van der Waals surface area contributed by atoms with Crippen molar-refractivity contribution in [2.45, 2.75) is 33.3 Å². The van der Waals surface area contributed by atoms with E-state index in [1.807, 2.05) is 0 Å². The summed E-state index contributed by atoms with van der Waals surface area (Å²) in [5.74, 6) is -1.45. The quantitative estimate of drug-likeness (QED) is 0.748. The molecule has 104 valence electrons. The molecule has 0 atom stereocenters. The molecular weight excluding hydrogens is 240 g/mol. The van der Waals surface area contributed by atoms with Crippen molar-refractivity contribution in [3.63, 3.8) is 0 Å². The number of nitrogens with one attached hydrogen (secondary N) is 1. The second-order valence-corrected chi connectivity index (χ2v) is 4.76. The van der Waals surface area contributed by atoms with Crippen LogP contribution in [0.15, 0.2) is 0 Å². The molecule has 0 spiro atoms. The molecule has 0 rings (SSSR count). The van der Waals surface area contributed by atoms with E-state index in [0.717, 1.165) is 4.90 Å². The van der Waals surface area contributed by atoms with Crippen molar-refractivity contribution in [1.29, 1.82) is 0 Å². The lowest BCUT2D eigenvalue weighted by Crippen LogP contribution is -2.41. The van der Waals surface area contributed by atoms with Gasteiger partial charge in [-0.15, -0.1) is 0 Å². The van der Waals surface area contributed by atoms with E-state index in [4.69, 9.17) is 9.84 Å². The second-order valence-electron chi connectivity index (χ2n) is 4.76. The van der Waals surface area contributed by atoms with Gasteiger partial charge in [0.05, 0.1) is 0 Å². The summed E-state index contributed by atoms with van der Waals surface area (Å²) in [7, 11) is 0. The summed E-state index contributed by atoms with van der Waals surface area (Å²) in [5.41, 5.74) is -0.592. The second kappa shape index (κ2) is 6.83. The molecule has 0 aromatic heterocycles. The van der Waals surface area contributed by atoms with Crippen LogP contribution in [0.2, 0.25) is 0 Å². The highest BCUT2D eigenvalue weighted by atomic mass is 16.6. The number of amides is 2. The molecule has 0 bridgehead atoms. The molecule has 0 aliphatic heterocycles. The Balaban J connectivity index is 4.03. The van der Waals surface area contributed by atoms with Crippen LogP contribution < -0.4 is 5.32 Å². The fourth-order valence-electron chi connectivity index (χ4n) is 1.12. The number of carbonyl (C=O) groups is 3. The SMILES string of the molecule is CC(=O)N(CCNC(=O)OC(C)(C)C)CC(=O)O. The van der Waals surface area contributed by atoms with Gasteiger partial charge in [-0.05, 0) is 20.8 Å². The Labute approximate surface area is 106 Å². The summed E-state index contributed by atoms with van der Waals surface area (Å²) in [5, 5.41) is 11.0. The number of carboxylic acid groups (broad SMARTS) is 1. The highest BCUT2D eigenvalue weighted by Gasteiger charge is 2.17. The summed E-state index contributed by atoms with van der Waals surface area (Å²) in [6.45, 7) is 6.36. The summed E-state index contributed by atoms with van der Waals surface area (Å²) < 4.78 is 4.99. The Morgan fingerprint density at radius 1 is 1.28 bits per heavy atom. The summed E-state index contributed by atoms with van der Waals surface area (Å²) in [6.07, 6.45) is -0.596. The molecule has 0 aromatic rings. The Kier molecular flexibility index (Phi) is 6.15. The van der Waals surface area contributed by atoms with Gasteiger partial charge in [-0.3, -0.25) is 9.59 Å². The van der Waals surface area contributed by atoms with E-state index >= 15 is 0 Å². The van der Waals surface area contributed by atoms with Crippen molar-refractivity contribution in [2.24, 2.45) is 0 Å². The fourth-order valence-corrected chi connectivity index (χ4v) is 1.12. The van der Waals surface area contributed by atoms with Crippen LogP contribution in [0.4, 0.5) is 4.79 Å². The van der Waals surface area contributed by atoms with Gasteiger partial charge in [0, 0.05) is 20.0 Å². The summed E-state index contributed by atoms with van der Waals surface area (Å²) in [6, 6.07) is 0. The molecule has 7 heteroatoms. The number of carboxylic acids is 1. The average molecular weight is 260 g/mol. The molecule has 7 nitrogen and oxygen atoms in total. The molecule has 0 unspecified atom stereocenters.